The van der Waals surface area contributed by atoms with Crippen LogP contribution >= 0.6 is 0 Å². The summed E-state index contributed by atoms with van der Waals surface area (Å²) in [5, 5.41) is 0. The second kappa shape index (κ2) is 7.02. The molecule has 0 bridgehead atoms. The lowest BCUT2D eigenvalue weighted by Gasteiger charge is -2.24. The first-order chi connectivity index (χ1) is 11.1. The average Bonchev–Trinajstić information content (AvgIpc) is 3.04. The van der Waals surface area contributed by atoms with Crippen LogP contribution in [0.2, 0.25) is 0 Å². The van der Waals surface area contributed by atoms with E-state index in [0.29, 0.717) is 12.5 Å². The highest BCUT2D eigenvalue weighted by atomic mass is 16.5. The molecule has 5 nitrogen and oxygen atoms in total. The lowest BCUT2D eigenvalue weighted by molar-refractivity contribution is -0.135. The van der Waals surface area contributed by atoms with Crippen LogP contribution in [0.15, 0.2) is 30.5 Å². The van der Waals surface area contributed by atoms with Gasteiger partial charge in [0.2, 0.25) is 5.91 Å². The number of nitrogens with zero attached hydrogens (tertiary/aromatic N) is 3. The first-order valence-electron chi connectivity index (χ1n) is 8.38. The molecule has 124 valence electrons. The summed E-state index contributed by atoms with van der Waals surface area (Å²) in [7, 11) is 3.91. The van der Waals surface area contributed by atoms with Crippen molar-refractivity contribution in [2.24, 2.45) is 5.92 Å². The van der Waals surface area contributed by atoms with Crippen molar-refractivity contribution < 1.29 is 9.53 Å². The highest BCUT2D eigenvalue weighted by Gasteiger charge is 2.32. The lowest BCUT2D eigenvalue weighted by atomic mass is 9.93. The zero-order chi connectivity index (χ0) is 16.2. The highest BCUT2D eigenvalue weighted by Crippen LogP contribution is 2.28. The van der Waals surface area contributed by atoms with Crippen LogP contribution in [-0.2, 0) is 4.79 Å². The Kier molecular flexibility index (Phi) is 4.84. The van der Waals surface area contributed by atoms with Gasteiger partial charge in [0.1, 0.15) is 6.10 Å². The second-order valence-corrected chi connectivity index (χ2v) is 6.51. The minimum absolute atomic E-state index is 0.0565. The number of hydrogen-bond donors (Lipinski definition) is 0. The fourth-order valence-electron chi connectivity index (χ4n) is 3.29. The van der Waals surface area contributed by atoms with Crippen molar-refractivity contribution in [1.29, 1.82) is 0 Å². The van der Waals surface area contributed by atoms with Gasteiger partial charge in [0.25, 0.3) is 0 Å². The van der Waals surface area contributed by atoms with Crippen LogP contribution in [0.3, 0.4) is 0 Å². The van der Waals surface area contributed by atoms with Gasteiger partial charge in [-0.1, -0.05) is 12.2 Å². The standard InChI is InChI=1S/C18H25N3O2/c1-20(2)17-16(9-6-11-19-17)23-15-10-12-21(13-15)18(22)14-7-4-3-5-8-14/h3-4,6,9,11,14-15H,5,7-8,10,12-13H2,1-2H3. The summed E-state index contributed by atoms with van der Waals surface area (Å²) in [5.41, 5.74) is 0. The van der Waals surface area contributed by atoms with E-state index in [9.17, 15) is 4.79 Å². The van der Waals surface area contributed by atoms with Gasteiger partial charge in [-0.15, -0.1) is 0 Å². The Labute approximate surface area is 137 Å². The Bertz CT molecular complexity index is 585. The molecule has 3 rings (SSSR count). The van der Waals surface area contributed by atoms with Crippen LogP contribution in [0.4, 0.5) is 5.82 Å². The molecule has 1 saturated heterocycles. The van der Waals surface area contributed by atoms with Crippen LogP contribution in [0.1, 0.15) is 25.7 Å². The van der Waals surface area contributed by atoms with Gasteiger partial charge < -0.3 is 14.5 Å². The normalized spacial score (nSPS) is 23.8. The largest absolute Gasteiger partial charge is 0.485 e. The Morgan fingerprint density at radius 1 is 1.35 bits per heavy atom. The fraction of sp³-hybridized carbons (Fsp3) is 0.556. The van der Waals surface area contributed by atoms with Crippen molar-refractivity contribution in [3.8, 4) is 5.75 Å². The van der Waals surface area contributed by atoms with E-state index in [0.717, 1.165) is 43.8 Å². The number of anilines is 1. The van der Waals surface area contributed by atoms with Crippen LogP contribution in [0, 0.1) is 5.92 Å². The molecule has 0 aromatic carbocycles. The maximum absolute atomic E-state index is 12.6. The number of pyridine rings is 1. The van der Waals surface area contributed by atoms with Crippen molar-refractivity contribution in [3.05, 3.63) is 30.5 Å². The summed E-state index contributed by atoms with van der Waals surface area (Å²) in [4.78, 5) is 20.9. The summed E-state index contributed by atoms with van der Waals surface area (Å²) in [6.07, 6.45) is 9.89. The number of ether oxygens (including phenoxy) is 1. The fourth-order valence-corrected chi connectivity index (χ4v) is 3.29. The van der Waals surface area contributed by atoms with Gasteiger partial charge in [-0.3, -0.25) is 4.79 Å². The predicted octanol–water partition coefficient (Wildman–Crippen LogP) is 2.48. The molecule has 0 radical (unpaired) electrons. The molecule has 0 spiro atoms. The number of rotatable bonds is 4. The number of hydrogen-bond acceptors (Lipinski definition) is 4. The first kappa shape index (κ1) is 15.8. The third kappa shape index (κ3) is 3.66. The van der Waals surface area contributed by atoms with E-state index in [1.807, 2.05) is 36.0 Å². The number of carbonyl (C=O) groups is 1. The van der Waals surface area contributed by atoms with E-state index in [4.69, 9.17) is 4.74 Å². The first-order valence-corrected chi connectivity index (χ1v) is 8.38. The molecular formula is C18H25N3O2. The molecule has 2 atom stereocenters. The van der Waals surface area contributed by atoms with Gasteiger partial charge in [-0.2, -0.15) is 0 Å². The Balaban J connectivity index is 1.60. The van der Waals surface area contributed by atoms with E-state index in [1.165, 1.54) is 0 Å². The summed E-state index contributed by atoms with van der Waals surface area (Å²) >= 11 is 0. The number of amides is 1. The van der Waals surface area contributed by atoms with Crippen molar-refractivity contribution in [1.82, 2.24) is 9.88 Å². The Morgan fingerprint density at radius 2 is 2.22 bits per heavy atom. The van der Waals surface area contributed by atoms with Crippen molar-refractivity contribution in [2.45, 2.75) is 31.8 Å². The summed E-state index contributed by atoms with van der Waals surface area (Å²) in [6, 6.07) is 3.83. The molecule has 1 amide bonds. The minimum Gasteiger partial charge on any atom is -0.485 e. The molecule has 2 unspecified atom stereocenters. The van der Waals surface area contributed by atoms with E-state index in [2.05, 4.69) is 17.1 Å². The average molecular weight is 315 g/mol. The molecular weight excluding hydrogens is 290 g/mol. The number of aromatic nitrogens is 1. The van der Waals surface area contributed by atoms with Gasteiger partial charge >= 0.3 is 0 Å². The second-order valence-electron chi connectivity index (χ2n) is 6.51. The van der Waals surface area contributed by atoms with Crippen LogP contribution < -0.4 is 9.64 Å². The summed E-state index contributed by atoms with van der Waals surface area (Å²) in [5.74, 6) is 2.07. The molecule has 0 saturated carbocycles. The van der Waals surface area contributed by atoms with Crippen molar-refractivity contribution in [3.63, 3.8) is 0 Å². The monoisotopic (exact) mass is 315 g/mol. The molecule has 2 aliphatic rings. The van der Waals surface area contributed by atoms with Crippen LogP contribution in [0.5, 0.6) is 5.75 Å². The highest BCUT2D eigenvalue weighted by molar-refractivity contribution is 5.79. The third-order valence-electron chi connectivity index (χ3n) is 4.54. The van der Waals surface area contributed by atoms with Gasteiger partial charge in [-0.25, -0.2) is 4.98 Å². The number of likely N-dealkylation sites (tertiary alicyclic amines) is 1. The maximum atomic E-state index is 12.6. The molecule has 0 N–H and O–H groups in total. The number of allylic oxidation sites excluding steroid dienone is 2. The zero-order valence-electron chi connectivity index (χ0n) is 13.9. The van der Waals surface area contributed by atoms with Crippen molar-refractivity contribution in [2.75, 3.05) is 32.1 Å². The molecule has 1 aromatic rings. The van der Waals surface area contributed by atoms with Crippen LogP contribution in [-0.4, -0.2) is 49.1 Å². The Hall–Kier alpha value is -2.04. The molecule has 1 fully saturated rings. The van der Waals surface area contributed by atoms with Gasteiger partial charge in [0.15, 0.2) is 11.6 Å². The molecule has 1 aliphatic carbocycles. The van der Waals surface area contributed by atoms with Gasteiger partial charge in [0.05, 0.1) is 6.54 Å². The SMILES string of the molecule is CN(C)c1ncccc1OC1CCN(C(=O)C2CC=CCC2)C1. The van der Waals surface area contributed by atoms with E-state index >= 15 is 0 Å². The Morgan fingerprint density at radius 3 is 2.96 bits per heavy atom. The predicted molar refractivity (Wildman–Crippen MR) is 90.7 cm³/mol. The van der Waals surface area contributed by atoms with Crippen molar-refractivity contribution >= 4 is 11.7 Å². The lowest BCUT2D eigenvalue weighted by Crippen LogP contribution is -2.36. The maximum Gasteiger partial charge on any atom is 0.226 e. The molecule has 2 heterocycles. The summed E-state index contributed by atoms with van der Waals surface area (Å²) in [6.45, 7) is 1.47. The molecule has 1 aromatic heterocycles. The topological polar surface area (TPSA) is 45.7 Å². The van der Waals surface area contributed by atoms with E-state index in [1.54, 1.807) is 6.20 Å². The smallest absolute Gasteiger partial charge is 0.226 e. The molecule has 23 heavy (non-hydrogen) atoms. The minimum atomic E-state index is 0.0565. The third-order valence-corrected chi connectivity index (χ3v) is 4.54. The van der Waals surface area contributed by atoms with Gasteiger partial charge in [-0.05, 0) is 31.4 Å². The summed E-state index contributed by atoms with van der Waals surface area (Å²) < 4.78 is 6.12. The van der Waals surface area contributed by atoms with E-state index in [-0.39, 0.29) is 12.0 Å². The molecule has 1 aliphatic heterocycles. The zero-order valence-corrected chi connectivity index (χ0v) is 13.9. The van der Waals surface area contributed by atoms with Gasteiger partial charge in [0, 0.05) is 39.2 Å². The number of carbonyl (C=O) groups excluding carboxylic acids is 1. The molecule has 5 heteroatoms. The van der Waals surface area contributed by atoms with Crippen LogP contribution in [0.25, 0.3) is 0 Å². The van der Waals surface area contributed by atoms with E-state index < -0.39 is 0 Å². The quantitative estimate of drug-likeness (QED) is 0.801.